The van der Waals surface area contributed by atoms with Gasteiger partial charge in [0.2, 0.25) is 0 Å². The second kappa shape index (κ2) is 8.43. The minimum Gasteiger partial charge on any atom is -0.467 e. The summed E-state index contributed by atoms with van der Waals surface area (Å²) in [6.07, 6.45) is 5.87. The number of halogens is 1. The normalized spacial score (nSPS) is 21.8. The van der Waals surface area contributed by atoms with Crippen molar-refractivity contribution in [1.29, 1.82) is 0 Å². The van der Waals surface area contributed by atoms with E-state index in [1.54, 1.807) is 18.5 Å². The zero-order valence-electron chi connectivity index (χ0n) is 19.4. The van der Waals surface area contributed by atoms with E-state index in [4.69, 9.17) is 9.72 Å². The molecule has 1 atom stereocenters. The Labute approximate surface area is 197 Å². The fraction of sp³-hybridized carbons (Fsp3) is 0.385. The first kappa shape index (κ1) is 21.2. The minimum atomic E-state index is -0.186. The fourth-order valence-corrected chi connectivity index (χ4v) is 5.51. The Morgan fingerprint density at radius 2 is 1.85 bits per heavy atom. The molecule has 7 rings (SSSR count). The quantitative estimate of drug-likeness (QED) is 0.447. The summed E-state index contributed by atoms with van der Waals surface area (Å²) in [5.41, 5.74) is 4.62. The average Bonchev–Trinajstić information content (AvgIpc) is 3.25. The molecule has 2 bridgehead atoms. The van der Waals surface area contributed by atoms with E-state index in [-0.39, 0.29) is 11.8 Å². The maximum Gasteiger partial charge on any atom is 0.318 e. The molecule has 0 aliphatic carbocycles. The van der Waals surface area contributed by atoms with Gasteiger partial charge >= 0.3 is 6.01 Å². The van der Waals surface area contributed by atoms with E-state index >= 15 is 4.39 Å². The van der Waals surface area contributed by atoms with E-state index in [1.165, 1.54) is 33.0 Å². The molecular weight excluding hydrogens is 431 g/mol. The van der Waals surface area contributed by atoms with Crippen LogP contribution in [0.2, 0.25) is 0 Å². The van der Waals surface area contributed by atoms with Crippen molar-refractivity contribution in [2.45, 2.75) is 32.2 Å². The second-order valence-corrected chi connectivity index (χ2v) is 9.32. The van der Waals surface area contributed by atoms with E-state index in [1.807, 2.05) is 29.7 Å². The summed E-state index contributed by atoms with van der Waals surface area (Å²) < 4.78 is 22.7. The van der Waals surface area contributed by atoms with Crippen molar-refractivity contribution in [3.8, 4) is 17.4 Å². The third-order valence-electron chi connectivity index (χ3n) is 7.36. The van der Waals surface area contributed by atoms with Gasteiger partial charge in [-0.25, -0.2) is 9.37 Å². The third kappa shape index (κ3) is 3.62. The summed E-state index contributed by atoms with van der Waals surface area (Å²) in [6, 6.07) is 9.83. The standard InChI is InChI=1S/C26H27FN6O/c1-16-23-25(31-26(29-16)34-2)33(24(30-23)18-5-9-28-10-6-18)14-20-4-3-19(13-22(20)27)21-15-32-11-7-17(21)8-12-32/h3-6,9-10,13,17,21H,7-8,11-12,14-15H2,1-2H3. The average molecular weight is 459 g/mol. The Morgan fingerprint density at radius 3 is 2.53 bits per heavy atom. The van der Waals surface area contributed by atoms with Crippen molar-refractivity contribution in [3.63, 3.8) is 0 Å². The largest absolute Gasteiger partial charge is 0.467 e. The molecule has 7 nitrogen and oxygen atoms in total. The molecule has 174 valence electrons. The molecule has 1 aromatic carbocycles. The van der Waals surface area contributed by atoms with Gasteiger partial charge in [-0.3, -0.25) is 4.98 Å². The molecule has 6 heterocycles. The molecule has 3 aliphatic rings. The van der Waals surface area contributed by atoms with Crippen LogP contribution in [-0.4, -0.2) is 56.1 Å². The van der Waals surface area contributed by atoms with Crippen LogP contribution in [0.15, 0.2) is 42.7 Å². The molecule has 3 saturated heterocycles. The molecule has 0 amide bonds. The number of pyridine rings is 1. The van der Waals surface area contributed by atoms with Gasteiger partial charge in [0.1, 0.15) is 17.2 Å². The SMILES string of the molecule is COc1nc(C)c2nc(-c3ccncc3)n(Cc3ccc(C4CN5CCC4CC5)cc3F)c2n1. The summed E-state index contributed by atoms with van der Waals surface area (Å²) in [5, 5.41) is 0. The topological polar surface area (TPSA) is 69.0 Å². The van der Waals surface area contributed by atoms with E-state index in [2.05, 4.69) is 25.9 Å². The Hall–Kier alpha value is -3.39. The van der Waals surface area contributed by atoms with E-state index in [0.29, 0.717) is 46.6 Å². The number of hydrogen-bond acceptors (Lipinski definition) is 6. The van der Waals surface area contributed by atoms with Crippen LogP contribution in [0.3, 0.4) is 0 Å². The molecule has 4 aromatic rings. The number of benzene rings is 1. The summed E-state index contributed by atoms with van der Waals surface area (Å²) in [7, 11) is 1.54. The molecule has 8 heteroatoms. The van der Waals surface area contributed by atoms with Crippen LogP contribution < -0.4 is 4.74 Å². The number of imidazole rings is 1. The predicted molar refractivity (Wildman–Crippen MR) is 127 cm³/mol. The lowest BCUT2D eigenvalue weighted by atomic mass is 9.75. The monoisotopic (exact) mass is 458 g/mol. The third-order valence-corrected chi connectivity index (χ3v) is 7.36. The maximum atomic E-state index is 15.5. The van der Waals surface area contributed by atoms with Crippen molar-refractivity contribution in [2.75, 3.05) is 26.7 Å². The molecule has 34 heavy (non-hydrogen) atoms. The highest BCUT2D eigenvalue weighted by atomic mass is 19.1. The zero-order valence-corrected chi connectivity index (χ0v) is 19.4. The molecule has 0 spiro atoms. The van der Waals surface area contributed by atoms with Crippen molar-refractivity contribution >= 4 is 11.2 Å². The maximum absolute atomic E-state index is 15.5. The van der Waals surface area contributed by atoms with Gasteiger partial charge in [0.15, 0.2) is 5.65 Å². The number of nitrogens with zero attached hydrogens (tertiary/aromatic N) is 6. The summed E-state index contributed by atoms with van der Waals surface area (Å²) >= 11 is 0. The van der Waals surface area contributed by atoms with Gasteiger partial charge in [0, 0.05) is 30.1 Å². The lowest BCUT2D eigenvalue weighted by molar-refractivity contribution is 0.0870. The van der Waals surface area contributed by atoms with Gasteiger partial charge in [-0.05, 0) is 68.5 Å². The molecule has 0 N–H and O–H groups in total. The number of rotatable bonds is 5. The number of fused-ring (bicyclic) bond motifs is 4. The first-order valence-electron chi connectivity index (χ1n) is 11.8. The first-order chi connectivity index (χ1) is 16.6. The summed E-state index contributed by atoms with van der Waals surface area (Å²) in [4.78, 5) is 20.4. The smallest absolute Gasteiger partial charge is 0.318 e. The summed E-state index contributed by atoms with van der Waals surface area (Å²) in [5.74, 6) is 1.60. The first-order valence-corrected chi connectivity index (χ1v) is 11.8. The molecular formula is C26H27FN6O. The summed E-state index contributed by atoms with van der Waals surface area (Å²) in [6.45, 7) is 5.58. The number of piperidine rings is 3. The van der Waals surface area contributed by atoms with Crippen LogP contribution in [0.5, 0.6) is 6.01 Å². The van der Waals surface area contributed by atoms with Gasteiger partial charge in [0.25, 0.3) is 0 Å². The lowest BCUT2D eigenvalue weighted by Crippen LogP contribution is -2.46. The van der Waals surface area contributed by atoms with Crippen molar-refractivity contribution in [2.24, 2.45) is 5.92 Å². The molecule has 0 radical (unpaired) electrons. The molecule has 0 saturated carbocycles. The van der Waals surface area contributed by atoms with Crippen LogP contribution >= 0.6 is 0 Å². The highest BCUT2D eigenvalue weighted by Crippen LogP contribution is 2.39. The number of aromatic nitrogens is 5. The second-order valence-electron chi connectivity index (χ2n) is 9.32. The van der Waals surface area contributed by atoms with Gasteiger partial charge in [-0.2, -0.15) is 9.97 Å². The van der Waals surface area contributed by atoms with Gasteiger partial charge < -0.3 is 14.2 Å². The lowest BCUT2D eigenvalue weighted by Gasteiger charge is -2.45. The van der Waals surface area contributed by atoms with Crippen molar-refractivity contribution < 1.29 is 9.13 Å². The van der Waals surface area contributed by atoms with Crippen LogP contribution in [0.1, 0.15) is 35.6 Å². The molecule has 3 fully saturated rings. The minimum absolute atomic E-state index is 0.186. The van der Waals surface area contributed by atoms with E-state index < -0.39 is 0 Å². The number of hydrogen-bond donors (Lipinski definition) is 0. The van der Waals surface area contributed by atoms with Gasteiger partial charge in [0.05, 0.1) is 19.3 Å². The van der Waals surface area contributed by atoms with Crippen LogP contribution in [0.25, 0.3) is 22.6 Å². The number of ether oxygens (including phenoxy) is 1. The number of aryl methyl sites for hydroxylation is 1. The Kier molecular flexibility index (Phi) is 5.25. The predicted octanol–water partition coefficient (Wildman–Crippen LogP) is 4.20. The fourth-order valence-electron chi connectivity index (χ4n) is 5.51. The van der Waals surface area contributed by atoms with Crippen LogP contribution in [-0.2, 0) is 6.54 Å². The molecule has 1 unspecified atom stereocenters. The van der Waals surface area contributed by atoms with Crippen LogP contribution in [0, 0.1) is 18.7 Å². The Bertz CT molecular complexity index is 1350. The van der Waals surface area contributed by atoms with Gasteiger partial charge in [-0.15, -0.1) is 0 Å². The highest BCUT2D eigenvalue weighted by molar-refractivity contribution is 5.79. The Balaban J connectivity index is 1.41. The van der Waals surface area contributed by atoms with Crippen molar-refractivity contribution in [3.05, 3.63) is 65.4 Å². The molecule has 3 aliphatic heterocycles. The highest BCUT2D eigenvalue weighted by Gasteiger charge is 2.35. The van der Waals surface area contributed by atoms with Gasteiger partial charge in [-0.1, -0.05) is 12.1 Å². The van der Waals surface area contributed by atoms with E-state index in [0.717, 1.165) is 17.7 Å². The molecule has 3 aromatic heterocycles. The van der Waals surface area contributed by atoms with Crippen LogP contribution in [0.4, 0.5) is 4.39 Å². The Morgan fingerprint density at radius 1 is 1.06 bits per heavy atom. The van der Waals surface area contributed by atoms with Crippen molar-refractivity contribution in [1.82, 2.24) is 29.4 Å². The van der Waals surface area contributed by atoms with E-state index in [9.17, 15) is 0 Å². The number of methoxy groups -OCH3 is 1. The zero-order chi connectivity index (χ0) is 23.2.